The minimum absolute atomic E-state index is 0.145. The van der Waals surface area contributed by atoms with E-state index in [1.54, 1.807) is 43.1 Å². The molecule has 3 aromatic carbocycles. The van der Waals surface area contributed by atoms with E-state index in [0.717, 1.165) is 16.7 Å². The number of amides is 1. The fourth-order valence-corrected chi connectivity index (χ4v) is 7.54. The predicted molar refractivity (Wildman–Crippen MR) is 154 cm³/mol. The van der Waals surface area contributed by atoms with Crippen molar-refractivity contribution in [2.24, 2.45) is 0 Å². The Morgan fingerprint density at radius 2 is 1.59 bits per heavy atom. The number of rotatable bonds is 11. The maximum absolute atomic E-state index is 13.6. The molecule has 0 spiro atoms. The van der Waals surface area contributed by atoms with Crippen LogP contribution in [0.25, 0.3) is 11.1 Å². The van der Waals surface area contributed by atoms with E-state index in [0.29, 0.717) is 18.7 Å². The summed E-state index contributed by atoms with van der Waals surface area (Å²) in [6, 6.07) is 24.8. The average Bonchev–Trinajstić information content (AvgIpc) is 3.47. The van der Waals surface area contributed by atoms with Gasteiger partial charge in [0, 0.05) is 18.8 Å². The number of nitrogens with zero attached hydrogens (tertiary/aromatic N) is 2. The Labute approximate surface area is 234 Å². The second-order valence-corrected chi connectivity index (χ2v) is 12.6. The molecule has 8 nitrogen and oxygen atoms in total. The average molecular weight is 568 g/mol. The lowest BCUT2D eigenvalue weighted by Crippen LogP contribution is -2.46. The highest BCUT2D eigenvalue weighted by atomic mass is 32.2. The van der Waals surface area contributed by atoms with Crippen LogP contribution >= 0.6 is 11.8 Å². The van der Waals surface area contributed by atoms with Gasteiger partial charge in [0.15, 0.2) is 0 Å². The van der Waals surface area contributed by atoms with Gasteiger partial charge in [-0.05, 0) is 49.2 Å². The van der Waals surface area contributed by atoms with Gasteiger partial charge in [-0.1, -0.05) is 72.8 Å². The van der Waals surface area contributed by atoms with Crippen molar-refractivity contribution in [3.05, 3.63) is 90.5 Å². The molecule has 3 atom stereocenters. The van der Waals surface area contributed by atoms with E-state index in [-0.39, 0.29) is 17.3 Å². The minimum Gasteiger partial charge on any atom is -0.480 e. The first-order valence-corrected chi connectivity index (χ1v) is 15.2. The molecule has 0 aliphatic carbocycles. The molecular weight excluding hydrogens is 534 g/mol. The summed E-state index contributed by atoms with van der Waals surface area (Å²) in [5.74, 6) is -0.795. The molecule has 0 bridgehead atoms. The van der Waals surface area contributed by atoms with Gasteiger partial charge in [0.2, 0.25) is 15.9 Å². The van der Waals surface area contributed by atoms with E-state index < -0.39 is 33.5 Å². The molecule has 39 heavy (non-hydrogen) atoms. The van der Waals surface area contributed by atoms with Crippen LogP contribution in [-0.2, 0) is 19.6 Å². The second-order valence-electron chi connectivity index (χ2n) is 9.48. The highest BCUT2D eigenvalue weighted by molar-refractivity contribution is 8.02. The number of hydrogen-bond donors (Lipinski definition) is 2. The maximum atomic E-state index is 13.6. The van der Waals surface area contributed by atoms with Crippen LogP contribution in [0.1, 0.15) is 24.9 Å². The standard InChI is InChI=1S/C29H33N3O5S2/c1-21(29(34)35)31(2)18-17-26(24-11-7-4-8-12-24)30-27(33)28-32(19-20-38-28)39(36,37)25-15-13-23(14-16-25)22-9-5-3-6-10-22/h3-16,21,26,28H,17-20H2,1-2H3,(H,30,33)(H,34,35)/t21?,26-,28-/m0/s1. The van der Waals surface area contributed by atoms with Gasteiger partial charge in [0.1, 0.15) is 11.4 Å². The smallest absolute Gasteiger partial charge is 0.320 e. The van der Waals surface area contributed by atoms with Crippen LogP contribution in [0.3, 0.4) is 0 Å². The summed E-state index contributed by atoms with van der Waals surface area (Å²) in [5, 5.41) is 11.5. The number of carbonyl (C=O) groups is 2. The summed E-state index contributed by atoms with van der Waals surface area (Å²) in [6.45, 7) is 2.28. The largest absolute Gasteiger partial charge is 0.480 e. The Hall–Kier alpha value is -3.18. The number of carboxylic acid groups (broad SMARTS) is 1. The molecule has 0 saturated carbocycles. The van der Waals surface area contributed by atoms with E-state index >= 15 is 0 Å². The van der Waals surface area contributed by atoms with E-state index in [1.807, 2.05) is 60.7 Å². The zero-order valence-electron chi connectivity index (χ0n) is 21.9. The number of hydrogen-bond acceptors (Lipinski definition) is 6. The number of sulfonamides is 1. The Morgan fingerprint density at radius 1 is 1.00 bits per heavy atom. The molecule has 1 unspecified atom stereocenters. The number of nitrogens with one attached hydrogen (secondary N) is 1. The quantitative estimate of drug-likeness (QED) is 0.360. The van der Waals surface area contributed by atoms with Gasteiger partial charge >= 0.3 is 5.97 Å². The molecule has 3 aromatic rings. The van der Waals surface area contributed by atoms with Crippen LogP contribution in [0, 0.1) is 0 Å². The molecule has 1 fully saturated rings. The van der Waals surface area contributed by atoms with Crippen molar-refractivity contribution in [2.75, 3.05) is 25.9 Å². The van der Waals surface area contributed by atoms with Crippen molar-refractivity contribution in [2.45, 2.75) is 35.7 Å². The highest BCUT2D eigenvalue weighted by Gasteiger charge is 2.40. The monoisotopic (exact) mass is 567 g/mol. The first kappa shape index (κ1) is 28.8. The van der Waals surface area contributed by atoms with Crippen LogP contribution in [-0.4, -0.2) is 71.9 Å². The first-order valence-electron chi connectivity index (χ1n) is 12.8. The van der Waals surface area contributed by atoms with Gasteiger partial charge in [0.25, 0.3) is 0 Å². The van der Waals surface area contributed by atoms with Crippen molar-refractivity contribution >= 4 is 33.7 Å². The summed E-state index contributed by atoms with van der Waals surface area (Å²) >= 11 is 1.30. The van der Waals surface area contributed by atoms with Crippen molar-refractivity contribution in [3.8, 4) is 11.1 Å². The highest BCUT2D eigenvalue weighted by Crippen LogP contribution is 2.32. The number of aliphatic carboxylic acids is 1. The predicted octanol–water partition coefficient (Wildman–Crippen LogP) is 4.07. The summed E-state index contributed by atoms with van der Waals surface area (Å²) in [7, 11) is -2.17. The van der Waals surface area contributed by atoms with Gasteiger partial charge in [0.05, 0.1) is 10.9 Å². The van der Waals surface area contributed by atoms with Crippen LogP contribution in [0.5, 0.6) is 0 Å². The van der Waals surface area contributed by atoms with Crippen molar-refractivity contribution in [1.29, 1.82) is 0 Å². The van der Waals surface area contributed by atoms with Gasteiger partial charge in [-0.15, -0.1) is 11.8 Å². The minimum atomic E-state index is -3.90. The summed E-state index contributed by atoms with van der Waals surface area (Å²) in [6.07, 6.45) is 0.467. The summed E-state index contributed by atoms with van der Waals surface area (Å²) in [5.41, 5.74) is 2.77. The second kappa shape index (κ2) is 12.8. The molecule has 1 amide bonds. The fourth-order valence-electron chi connectivity index (χ4n) is 4.46. The van der Waals surface area contributed by atoms with E-state index in [9.17, 15) is 23.1 Å². The molecular formula is C29H33N3O5S2. The van der Waals surface area contributed by atoms with Gasteiger partial charge in [-0.3, -0.25) is 14.5 Å². The Kier molecular flexibility index (Phi) is 9.45. The molecule has 0 radical (unpaired) electrons. The van der Waals surface area contributed by atoms with Crippen molar-refractivity contribution in [1.82, 2.24) is 14.5 Å². The lowest BCUT2D eigenvalue weighted by atomic mass is 10.0. The third kappa shape index (κ3) is 6.88. The van der Waals surface area contributed by atoms with Crippen LogP contribution in [0.15, 0.2) is 89.8 Å². The lowest BCUT2D eigenvalue weighted by molar-refractivity contribution is -0.142. The Morgan fingerprint density at radius 3 is 2.21 bits per heavy atom. The molecule has 4 rings (SSSR count). The summed E-state index contributed by atoms with van der Waals surface area (Å²) in [4.78, 5) is 26.7. The molecule has 206 valence electrons. The molecule has 1 heterocycles. The van der Waals surface area contributed by atoms with E-state index in [4.69, 9.17) is 0 Å². The molecule has 0 aromatic heterocycles. The van der Waals surface area contributed by atoms with E-state index in [2.05, 4.69) is 5.32 Å². The van der Waals surface area contributed by atoms with E-state index in [1.165, 1.54) is 16.1 Å². The fraction of sp³-hybridized carbons (Fsp3) is 0.310. The number of carboxylic acids is 1. The zero-order chi connectivity index (χ0) is 28.0. The van der Waals surface area contributed by atoms with Gasteiger partial charge in [-0.2, -0.15) is 4.31 Å². The maximum Gasteiger partial charge on any atom is 0.320 e. The normalized spacial score (nSPS) is 17.6. The third-order valence-corrected chi connectivity index (χ3v) is 10.2. The van der Waals surface area contributed by atoms with Gasteiger partial charge in [-0.25, -0.2) is 8.42 Å². The molecule has 10 heteroatoms. The Balaban J connectivity index is 1.50. The third-order valence-electron chi connectivity index (χ3n) is 6.95. The molecule has 2 N–H and O–H groups in total. The van der Waals surface area contributed by atoms with Crippen molar-refractivity contribution in [3.63, 3.8) is 0 Å². The molecule has 1 saturated heterocycles. The first-order chi connectivity index (χ1) is 18.7. The van der Waals surface area contributed by atoms with Crippen LogP contribution in [0.4, 0.5) is 0 Å². The zero-order valence-corrected chi connectivity index (χ0v) is 23.6. The number of likely N-dealkylation sites (N-methyl/N-ethyl adjacent to an activating group) is 1. The molecule has 1 aliphatic rings. The number of carbonyl (C=O) groups excluding carboxylic acids is 1. The van der Waals surface area contributed by atoms with Crippen LogP contribution < -0.4 is 5.32 Å². The topological polar surface area (TPSA) is 107 Å². The van der Waals surface area contributed by atoms with Gasteiger partial charge < -0.3 is 10.4 Å². The van der Waals surface area contributed by atoms with Crippen LogP contribution in [0.2, 0.25) is 0 Å². The van der Waals surface area contributed by atoms with Crippen molar-refractivity contribution < 1.29 is 23.1 Å². The number of benzene rings is 3. The lowest BCUT2D eigenvalue weighted by Gasteiger charge is -2.28. The summed E-state index contributed by atoms with van der Waals surface area (Å²) < 4.78 is 28.4. The Bertz CT molecular complexity index is 1370. The molecule has 1 aliphatic heterocycles. The number of thioether (sulfide) groups is 1. The SMILES string of the molecule is CC(C(=O)O)N(C)CC[C@H](NC(=O)[C@@H]1SCCN1S(=O)(=O)c1ccc(-c2ccccc2)cc1)c1ccccc1.